The SMILES string of the molecule is C1=CC2C=CC(/C=C\1)CC2. The lowest BCUT2D eigenvalue weighted by atomic mass is 9.86. The van der Waals surface area contributed by atoms with E-state index in [2.05, 4.69) is 36.5 Å². The van der Waals surface area contributed by atoms with E-state index >= 15 is 0 Å². The fourth-order valence-corrected chi connectivity index (χ4v) is 1.60. The minimum atomic E-state index is 0.723. The minimum absolute atomic E-state index is 0.723. The van der Waals surface area contributed by atoms with Gasteiger partial charge in [-0.1, -0.05) is 36.5 Å². The van der Waals surface area contributed by atoms with E-state index in [-0.39, 0.29) is 0 Å². The van der Waals surface area contributed by atoms with Crippen LogP contribution in [-0.4, -0.2) is 0 Å². The number of rotatable bonds is 0. The number of hydrogen-bond acceptors (Lipinski definition) is 0. The Morgan fingerprint density at radius 3 is 1.60 bits per heavy atom. The van der Waals surface area contributed by atoms with Crippen molar-refractivity contribution in [2.24, 2.45) is 11.8 Å². The topological polar surface area (TPSA) is 0 Å². The van der Waals surface area contributed by atoms with Gasteiger partial charge in [0.25, 0.3) is 0 Å². The summed E-state index contributed by atoms with van der Waals surface area (Å²) in [5, 5.41) is 0. The standard InChI is InChI=1S/C10H12/c1-2-4-10-7-5-9(3-1)6-8-10/h1-5,7,9-10H,6,8H2/b3-1-,4-2?. The number of fused-ring (bicyclic) bond motifs is 2. The third kappa shape index (κ3) is 1.06. The maximum atomic E-state index is 2.33. The summed E-state index contributed by atoms with van der Waals surface area (Å²) in [5.74, 6) is 1.45. The van der Waals surface area contributed by atoms with Crippen LogP contribution in [0.1, 0.15) is 12.8 Å². The van der Waals surface area contributed by atoms with Crippen LogP contribution in [-0.2, 0) is 0 Å². The van der Waals surface area contributed by atoms with Gasteiger partial charge in [0.1, 0.15) is 0 Å². The zero-order valence-corrected chi connectivity index (χ0v) is 6.03. The van der Waals surface area contributed by atoms with Gasteiger partial charge in [-0.3, -0.25) is 0 Å². The fraction of sp³-hybridized carbons (Fsp3) is 0.400. The summed E-state index contributed by atoms with van der Waals surface area (Å²) in [6, 6.07) is 0. The molecule has 0 saturated heterocycles. The molecule has 0 aromatic rings. The van der Waals surface area contributed by atoms with Gasteiger partial charge >= 0.3 is 0 Å². The molecule has 0 fully saturated rings. The highest BCUT2D eigenvalue weighted by atomic mass is 14.2. The molecule has 0 spiro atoms. The fourth-order valence-electron chi connectivity index (χ4n) is 1.60. The van der Waals surface area contributed by atoms with E-state index in [1.54, 1.807) is 0 Å². The largest absolute Gasteiger partial charge is 0.0810 e. The first kappa shape index (κ1) is 5.96. The van der Waals surface area contributed by atoms with E-state index in [1.165, 1.54) is 12.8 Å². The molecule has 0 aromatic carbocycles. The minimum Gasteiger partial charge on any atom is -0.0810 e. The van der Waals surface area contributed by atoms with Crippen molar-refractivity contribution < 1.29 is 0 Å². The quantitative estimate of drug-likeness (QED) is 0.444. The predicted octanol–water partition coefficient (Wildman–Crippen LogP) is 2.69. The maximum Gasteiger partial charge on any atom is -0.00498 e. The lowest BCUT2D eigenvalue weighted by Gasteiger charge is -2.19. The van der Waals surface area contributed by atoms with Crippen LogP contribution in [0.3, 0.4) is 0 Å². The normalized spacial score (nSPS) is 39.2. The second-order valence-corrected chi connectivity index (χ2v) is 3.06. The van der Waals surface area contributed by atoms with Crippen molar-refractivity contribution in [1.82, 2.24) is 0 Å². The average molecular weight is 132 g/mol. The highest BCUT2D eigenvalue weighted by molar-refractivity contribution is 5.18. The second-order valence-electron chi connectivity index (χ2n) is 3.06. The zero-order chi connectivity index (χ0) is 6.81. The van der Waals surface area contributed by atoms with E-state index in [0.29, 0.717) is 0 Å². The van der Waals surface area contributed by atoms with Crippen LogP contribution in [0.25, 0.3) is 0 Å². The molecule has 3 aliphatic carbocycles. The summed E-state index contributed by atoms with van der Waals surface area (Å²) < 4.78 is 0. The lowest BCUT2D eigenvalue weighted by molar-refractivity contribution is 0.560. The monoisotopic (exact) mass is 132 g/mol. The van der Waals surface area contributed by atoms with Gasteiger partial charge in [0.15, 0.2) is 0 Å². The van der Waals surface area contributed by atoms with Gasteiger partial charge in [0, 0.05) is 0 Å². The maximum absolute atomic E-state index is 2.33. The van der Waals surface area contributed by atoms with Crippen molar-refractivity contribution in [2.45, 2.75) is 12.8 Å². The van der Waals surface area contributed by atoms with E-state index in [9.17, 15) is 0 Å². The molecule has 52 valence electrons. The van der Waals surface area contributed by atoms with Crippen LogP contribution in [0.5, 0.6) is 0 Å². The van der Waals surface area contributed by atoms with Gasteiger partial charge in [0.2, 0.25) is 0 Å². The lowest BCUT2D eigenvalue weighted by Crippen LogP contribution is -2.05. The van der Waals surface area contributed by atoms with E-state index < -0.39 is 0 Å². The summed E-state index contributed by atoms with van der Waals surface area (Å²) in [6.45, 7) is 0. The molecule has 2 bridgehead atoms. The Bertz CT molecular complexity index is 174. The molecule has 0 heteroatoms. The summed E-state index contributed by atoms with van der Waals surface area (Å²) in [7, 11) is 0. The molecule has 3 rings (SSSR count). The molecular formula is C10H12. The van der Waals surface area contributed by atoms with Crippen LogP contribution in [0.2, 0.25) is 0 Å². The molecule has 10 heavy (non-hydrogen) atoms. The van der Waals surface area contributed by atoms with Crippen LogP contribution in [0.15, 0.2) is 36.5 Å². The third-order valence-corrected chi connectivity index (χ3v) is 2.27. The first-order valence-corrected chi connectivity index (χ1v) is 3.98. The summed E-state index contributed by atoms with van der Waals surface area (Å²) in [6.07, 6.45) is 16.2. The average Bonchev–Trinajstić information content (AvgIpc) is 1.89. The summed E-state index contributed by atoms with van der Waals surface area (Å²) in [4.78, 5) is 0. The molecule has 0 amide bonds. The smallest absolute Gasteiger partial charge is 0.00498 e. The molecule has 3 aliphatic rings. The van der Waals surface area contributed by atoms with Crippen molar-refractivity contribution >= 4 is 0 Å². The van der Waals surface area contributed by atoms with Crippen LogP contribution < -0.4 is 0 Å². The third-order valence-electron chi connectivity index (χ3n) is 2.27. The highest BCUT2D eigenvalue weighted by Gasteiger charge is 2.11. The van der Waals surface area contributed by atoms with Gasteiger partial charge in [0.05, 0.1) is 0 Å². The van der Waals surface area contributed by atoms with Crippen molar-refractivity contribution in [3.8, 4) is 0 Å². The van der Waals surface area contributed by atoms with Gasteiger partial charge < -0.3 is 0 Å². The van der Waals surface area contributed by atoms with Crippen molar-refractivity contribution in [3.63, 3.8) is 0 Å². The van der Waals surface area contributed by atoms with Crippen molar-refractivity contribution in [1.29, 1.82) is 0 Å². The summed E-state index contributed by atoms with van der Waals surface area (Å²) in [5.41, 5.74) is 0. The Labute approximate surface area is 61.9 Å². The molecule has 0 N–H and O–H groups in total. The number of allylic oxidation sites excluding steroid dienone is 6. The molecule has 0 heterocycles. The van der Waals surface area contributed by atoms with E-state index in [1.807, 2.05) is 0 Å². The number of hydrogen-bond donors (Lipinski definition) is 0. The molecule has 0 aliphatic heterocycles. The van der Waals surface area contributed by atoms with Crippen LogP contribution in [0, 0.1) is 11.8 Å². The van der Waals surface area contributed by atoms with Crippen molar-refractivity contribution in [3.05, 3.63) is 36.5 Å². The zero-order valence-electron chi connectivity index (χ0n) is 6.03. The van der Waals surface area contributed by atoms with Crippen molar-refractivity contribution in [2.75, 3.05) is 0 Å². The highest BCUT2D eigenvalue weighted by Crippen LogP contribution is 2.25. The molecule has 0 saturated carbocycles. The Balaban J connectivity index is 2.29. The van der Waals surface area contributed by atoms with Crippen LogP contribution >= 0.6 is 0 Å². The Hall–Kier alpha value is -0.780. The van der Waals surface area contributed by atoms with E-state index in [4.69, 9.17) is 0 Å². The van der Waals surface area contributed by atoms with Crippen LogP contribution in [0.4, 0.5) is 0 Å². The Morgan fingerprint density at radius 2 is 1.20 bits per heavy atom. The molecule has 0 aromatic heterocycles. The first-order valence-electron chi connectivity index (χ1n) is 3.98. The predicted molar refractivity (Wildman–Crippen MR) is 43.6 cm³/mol. The molecule has 0 radical (unpaired) electrons. The molecule has 2 atom stereocenters. The molecular weight excluding hydrogens is 120 g/mol. The van der Waals surface area contributed by atoms with E-state index in [0.717, 1.165) is 11.8 Å². The van der Waals surface area contributed by atoms with Gasteiger partial charge in [-0.05, 0) is 24.7 Å². The first-order chi connectivity index (χ1) is 4.95. The summed E-state index contributed by atoms with van der Waals surface area (Å²) >= 11 is 0. The van der Waals surface area contributed by atoms with Gasteiger partial charge in [-0.25, -0.2) is 0 Å². The Morgan fingerprint density at radius 1 is 0.700 bits per heavy atom. The van der Waals surface area contributed by atoms with Gasteiger partial charge in [-0.15, -0.1) is 0 Å². The molecule has 0 nitrogen and oxygen atoms in total. The Kier molecular flexibility index (Phi) is 1.46. The van der Waals surface area contributed by atoms with Gasteiger partial charge in [-0.2, -0.15) is 0 Å². The molecule has 2 unspecified atom stereocenters. The second kappa shape index (κ2) is 2.45.